The number of nitrogens with one attached hydrogen (secondary N) is 1. The van der Waals surface area contributed by atoms with Crippen LogP contribution in [0.15, 0.2) is 60.8 Å². The Bertz CT molecular complexity index is 1170. The summed E-state index contributed by atoms with van der Waals surface area (Å²) in [6.07, 6.45) is 0.648. The molecule has 0 saturated carbocycles. The molecule has 0 fully saturated rings. The van der Waals surface area contributed by atoms with Gasteiger partial charge in [0.05, 0.1) is 29.3 Å². The standard InChI is InChI=1S/C27H32N4O4/c1-27(2,3)25(34)35-20-13-9-12-19(14-20)22(32)16-28-17-23(33)21-15-29-26(31(4)5)30-24(21)18-10-7-6-8-11-18/h6-15,22,28,32H,16-17H2,1-5H3. The van der Waals surface area contributed by atoms with Crippen molar-refractivity contribution in [3.63, 3.8) is 0 Å². The predicted octanol–water partition coefficient (Wildman–Crippen LogP) is 3.67. The van der Waals surface area contributed by atoms with E-state index in [1.807, 2.05) is 44.4 Å². The average Bonchev–Trinajstić information content (AvgIpc) is 2.83. The summed E-state index contributed by atoms with van der Waals surface area (Å²) in [5, 5.41) is 13.6. The molecule has 184 valence electrons. The number of Topliss-reactive ketones (excluding diaryl/α,β-unsaturated/α-hetero) is 1. The van der Waals surface area contributed by atoms with E-state index in [1.54, 1.807) is 49.9 Å². The van der Waals surface area contributed by atoms with Crippen LogP contribution in [-0.2, 0) is 4.79 Å². The summed E-state index contributed by atoms with van der Waals surface area (Å²) in [7, 11) is 3.68. The number of carbonyl (C=O) groups is 2. The number of benzene rings is 2. The second-order valence-corrected chi connectivity index (χ2v) is 9.47. The number of esters is 1. The van der Waals surface area contributed by atoms with E-state index in [4.69, 9.17) is 4.74 Å². The van der Waals surface area contributed by atoms with Crippen molar-refractivity contribution in [2.24, 2.45) is 5.41 Å². The van der Waals surface area contributed by atoms with Crippen LogP contribution in [0.25, 0.3) is 11.3 Å². The lowest BCUT2D eigenvalue weighted by molar-refractivity contribution is -0.143. The predicted molar refractivity (Wildman–Crippen MR) is 135 cm³/mol. The highest BCUT2D eigenvalue weighted by molar-refractivity contribution is 6.02. The Morgan fingerprint density at radius 2 is 1.80 bits per heavy atom. The van der Waals surface area contributed by atoms with Crippen LogP contribution in [0.3, 0.4) is 0 Å². The van der Waals surface area contributed by atoms with Crippen molar-refractivity contribution in [1.82, 2.24) is 15.3 Å². The molecule has 0 aliphatic rings. The van der Waals surface area contributed by atoms with Crippen LogP contribution < -0.4 is 15.0 Å². The number of hydrogen-bond donors (Lipinski definition) is 2. The molecule has 1 atom stereocenters. The summed E-state index contributed by atoms with van der Waals surface area (Å²) in [6, 6.07) is 16.2. The van der Waals surface area contributed by atoms with Crippen LogP contribution in [-0.4, -0.2) is 54.0 Å². The molecule has 0 radical (unpaired) electrons. The first-order chi connectivity index (χ1) is 16.6. The highest BCUT2D eigenvalue weighted by Crippen LogP contribution is 2.24. The molecule has 3 rings (SSSR count). The Morgan fingerprint density at radius 3 is 2.46 bits per heavy atom. The number of aliphatic hydroxyl groups excluding tert-OH is 1. The summed E-state index contributed by atoms with van der Waals surface area (Å²) in [5.74, 6) is 0.331. The van der Waals surface area contributed by atoms with Gasteiger partial charge in [0.25, 0.3) is 0 Å². The third-order valence-electron chi connectivity index (χ3n) is 5.21. The van der Waals surface area contributed by atoms with E-state index < -0.39 is 11.5 Å². The minimum atomic E-state index is -0.892. The van der Waals surface area contributed by atoms with E-state index in [-0.39, 0.29) is 24.8 Å². The van der Waals surface area contributed by atoms with Crippen molar-refractivity contribution in [2.45, 2.75) is 26.9 Å². The Labute approximate surface area is 206 Å². The molecule has 3 aromatic rings. The highest BCUT2D eigenvalue weighted by atomic mass is 16.5. The second kappa shape index (κ2) is 11.2. The number of aromatic nitrogens is 2. The highest BCUT2D eigenvalue weighted by Gasteiger charge is 2.24. The largest absolute Gasteiger partial charge is 0.426 e. The van der Waals surface area contributed by atoms with E-state index >= 15 is 0 Å². The molecule has 0 spiro atoms. The zero-order chi connectivity index (χ0) is 25.6. The monoisotopic (exact) mass is 476 g/mol. The molecule has 1 heterocycles. The number of hydrogen-bond acceptors (Lipinski definition) is 8. The maximum atomic E-state index is 13.0. The molecule has 0 bridgehead atoms. The SMILES string of the molecule is CN(C)c1ncc(C(=O)CNCC(O)c2cccc(OC(=O)C(C)(C)C)c2)c(-c2ccccc2)n1. The molecule has 0 amide bonds. The molecule has 8 nitrogen and oxygen atoms in total. The Hall–Kier alpha value is -3.62. The number of ether oxygens (including phenoxy) is 1. The van der Waals surface area contributed by atoms with Crippen molar-refractivity contribution >= 4 is 17.7 Å². The van der Waals surface area contributed by atoms with E-state index in [1.165, 1.54) is 6.20 Å². The molecule has 0 saturated heterocycles. The summed E-state index contributed by atoms with van der Waals surface area (Å²) in [6.45, 7) is 5.46. The van der Waals surface area contributed by atoms with Crippen molar-refractivity contribution in [2.75, 3.05) is 32.1 Å². The molecule has 0 aliphatic heterocycles. The van der Waals surface area contributed by atoms with Gasteiger partial charge in [-0.05, 0) is 38.5 Å². The number of ketones is 1. The van der Waals surface area contributed by atoms with Crippen molar-refractivity contribution in [3.8, 4) is 17.0 Å². The van der Waals surface area contributed by atoms with Gasteiger partial charge >= 0.3 is 5.97 Å². The molecular formula is C27H32N4O4. The van der Waals surface area contributed by atoms with Crippen molar-refractivity contribution in [3.05, 3.63) is 71.9 Å². The van der Waals surface area contributed by atoms with Gasteiger partial charge in [-0.1, -0.05) is 42.5 Å². The molecule has 1 aromatic heterocycles. The Kier molecular flexibility index (Phi) is 8.32. The first kappa shape index (κ1) is 26.0. The topological polar surface area (TPSA) is 105 Å². The van der Waals surface area contributed by atoms with Gasteiger partial charge in [-0.25, -0.2) is 9.97 Å². The molecule has 1 unspecified atom stereocenters. The lowest BCUT2D eigenvalue weighted by atomic mass is 9.97. The van der Waals surface area contributed by atoms with E-state index in [9.17, 15) is 14.7 Å². The summed E-state index contributed by atoms with van der Waals surface area (Å²) in [5.41, 5.74) is 1.73. The lowest BCUT2D eigenvalue weighted by Crippen LogP contribution is -2.28. The van der Waals surface area contributed by atoms with Crippen molar-refractivity contribution < 1.29 is 19.4 Å². The quantitative estimate of drug-likeness (QED) is 0.274. The normalized spacial score (nSPS) is 12.2. The molecule has 2 N–H and O–H groups in total. The zero-order valence-corrected chi connectivity index (χ0v) is 20.8. The summed E-state index contributed by atoms with van der Waals surface area (Å²) < 4.78 is 5.41. The third kappa shape index (κ3) is 6.94. The smallest absolute Gasteiger partial charge is 0.316 e. The van der Waals surface area contributed by atoms with Crippen LogP contribution in [0.4, 0.5) is 5.95 Å². The number of nitrogens with zero attached hydrogens (tertiary/aromatic N) is 3. The van der Waals surface area contributed by atoms with Gasteiger partial charge in [-0.2, -0.15) is 0 Å². The molecule has 35 heavy (non-hydrogen) atoms. The first-order valence-corrected chi connectivity index (χ1v) is 11.4. The molecular weight excluding hydrogens is 444 g/mol. The first-order valence-electron chi connectivity index (χ1n) is 11.4. The van der Waals surface area contributed by atoms with Gasteiger partial charge in [0.1, 0.15) is 5.75 Å². The van der Waals surface area contributed by atoms with Gasteiger partial charge in [-0.15, -0.1) is 0 Å². The Morgan fingerprint density at radius 1 is 1.09 bits per heavy atom. The van der Waals surface area contributed by atoms with Gasteiger partial charge in [0.15, 0.2) is 5.78 Å². The van der Waals surface area contributed by atoms with Gasteiger partial charge < -0.3 is 20.1 Å². The maximum absolute atomic E-state index is 13.0. The van der Waals surface area contributed by atoms with Gasteiger partial charge in [-0.3, -0.25) is 9.59 Å². The fourth-order valence-corrected chi connectivity index (χ4v) is 3.19. The number of anilines is 1. The fraction of sp³-hybridized carbons (Fsp3) is 0.333. The van der Waals surface area contributed by atoms with E-state index in [0.29, 0.717) is 28.5 Å². The number of rotatable bonds is 9. The Balaban J connectivity index is 1.67. The summed E-state index contributed by atoms with van der Waals surface area (Å²) in [4.78, 5) is 35.8. The fourth-order valence-electron chi connectivity index (χ4n) is 3.19. The van der Waals surface area contributed by atoms with Crippen LogP contribution in [0.1, 0.15) is 42.8 Å². The minimum Gasteiger partial charge on any atom is -0.426 e. The summed E-state index contributed by atoms with van der Waals surface area (Å²) >= 11 is 0. The molecule has 0 aliphatic carbocycles. The zero-order valence-electron chi connectivity index (χ0n) is 20.8. The van der Waals surface area contributed by atoms with Crippen molar-refractivity contribution in [1.29, 1.82) is 0 Å². The second-order valence-electron chi connectivity index (χ2n) is 9.47. The van der Waals surface area contributed by atoms with Crippen LogP contribution in [0.5, 0.6) is 5.75 Å². The van der Waals surface area contributed by atoms with Gasteiger partial charge in [0.2, 0.25) is 5.95 Å². The molecule has 2 aromatic carbocycles. The maximum Gasteiger partial charge on any atom is 0.316 e. The van der Waals surface area contributed by atoms with Crippen LogP contribution >= 0.6 is 0 Å². The lowest BCUT2D eigenvalue weighted by Gasteiger charge is -2.18. The van der Waals surface area contributed by atoms with E-state index in [2.05, 4.69) is 15.3 Å². The van der Waals surface area contributed by atoms with E-state index in [0.717, 1.165) is 5.56 Å². The minimum absolute atomic E-state index is 0.000263. The number of aliphatic hydroxyl groups is 1. The number of carbonyl (C=O) groups excluding carboxylic acids is 2. The average molecular weight is 477 g/mol. The molecule has 8 heteroatoms. The van der Waals surface area contributed by atoms with Gasteiger partial charge in [0, 0.05) is 32.4 Å². The van der Waals surface area contributed by atoms with Crippen LogP contribution in [0.2, 0.25) is 0 Å². The van der Waals surface area contributed by atoms with Crippen LogP contribution in [0, 0.1) is 5.41 Å². The third-order valence-corrected chi connectivity index (χ3v) is 5.21.